The van der Waals surface area contributed by atoms with E-state index >= 15 is 0 Å². The highest BCUT2D eigenvalue weighted by Gasteiger charge is 2.15. The number of nitrogens with one attached hydrogen (secondary N) is 2. The van der Waals surface area contributed by atoms with Crippen LogP contribution in [0.3, 0.4) is 0 Å². The number of aromatic carboxylic acids is 1. The van der Waals surface area contributed by atoms with Gasteiger partial charge in [-0.05, 0) is 12.5 Å². The maximum atomic E-state index is 11.6. The van der Waals surface area contributed by atoms with Gasteiger partial charge in [-0.1, -0.05) is 13.3 Å². The number of H-pyrrole nitrogens is 1. The zero-order valence-corrected chi connectivity index (χ0v) is 10.6. The fraction of sp³-hybridized carbons (Fsp3) is 0.364. The van der Waals surface area contributed by atoms with Gasteiger partial charge in [0.05, 0.1) is 10.2 Å². The van der Waals surface area contributed by atoms with Crippen LogP contribution in [-0.4, -0.2) is 27.2 Å². The largest absolute Gasteiger partial charge is 0.477 e. The Labute approximate surface area is 107 Å². The van der Waals surface area contributed by atoms with E-state index in [0.717, 1.165) is 24.2 Å². The Morgan fingerprint density at radius 1 is 1.56 bits per heavy atom. The molecule has 0 radical (unpaired) electrons. The van der Waals surface area contributed by atoms with Crippen LogP contribution in [0.25, 0.3) is 10.2 Å². The summed E-state index contributed by atoms with van der Waals surface area (Å²) >= 11 is 1.10. The summed E-state index contributed by atoms with van der Waals surface area (Å²) in [5.41, 5.74) is 0.628. The number of hydrogen-bond donors (Lipinski definition) is 3. The second-order valence-electron chi connectivity index (χ2n) is 3.88. The molecule has 0 bridgehead atoms. The highest BCUT2D eigenvalue weighted by Crippen LogP contribution is 2.30. The Bertz CT molecular complexity index is 587. The number of anilines is 1. The van der Waals surface area contributed by atoms with E-state index in [-0.39, 0.29) is 10.8 Å². The van der Waals surface area contributed by atoms with Crippen molar-refractivity contribution in [2.45, 2.75) is 26.2 Å². The molecule has 7 heteroatoms. The van der Waals surface area contributed by atoms with Crippen LogP contribution in [0, 0.1) is 0 Å². The molecule has 1 amide bonds. The summed E-state index contributed by atoms with van der Waals surface area (Å²) in [7, 11) is 0. The minimum absolute atomic E-state index is 0.101. The number of rotatable bonds is 5. The van der Waals surface area contributed by atoms with E-state index in [2.05, 4.69) is 15.5 Å². The van der Waals surface area contributed by atoms with Crippen molar-refractivity contribution in [3.05, 3.63) is 10.9 Å². The van der Waals surface area contributed by atoms with Crippen molar-refractivity contribution >= 4 is 39.2 Å². The van der Waals surface area contributed by atoms with Gasteiger partial charge in [0.2, 0.25) is 5.91 Å². The van der Waals surface area contributed by atoms with Crippen LogP contribution in [0.5, 0.6) is 0 Å². The van der Waals surface area contributed by atoms with Crippen LogP contribution in [-0.2, 0) is 4.79 Å². The minimum Gasteiger partial charge on any atom is -0.477 e. The van der Waals surface area contributed by atoms with Crippen molar-refractivity contribution in [3.63, 3.8) is 0 Å². The summed E-state index contributed by atoms with van der Waals surface area (Å²) in [5, 5.41) is 18.2. The molecule has 0 atom stereocenters. The SMILES string of the molecule is CCCCC(=O)Nc1n[nH]c2cc(C(=O)O)sc12. The Morgan fingerprint density at radius 2 is 2.33 bits per heavy atom. The second-order valence-corrected chi connectivity index (χ2v) is 4.93. The van der Waals surface area contributed by atoms with Gasteiger partial charge in [0.1, 0.15) is 4.88 Å². The molecule has 0 unspecified atom stereocenters. The predicted molar refractivity (Wildman–Crippen MR) is 69.1 cm³/mol. The Morgan fingerprint density at radius 3 is 3.00 bits per heavy atom. The van der Waals surface area contributed by atoms with E-state index in [1.54, 1.807) is 0 Å². The van der Waals surface area contributed by atoms with E-state index in [1.807, 2.05) is 6.92 Å². The fourth-order valence-electron chi connectivity index (χ4n) is 1.54. The van der Waals surface area contributed by atoms with E-state index in [1.165, 1.54) is 6.07 Å². The zero-order valence-electron chi connectivity index (χ0n) is 9.82. The first-order chi connectivity index (χ1) is 8.61. The van der Waals surface area contributed by atoms with Crippen LogP contribution in [0.4, 0.5) is 5.82 Å². The van der Waals surface area contributed by atoms with Gasteiger partial charge in [-0.3, -0.25) is 9.89 Å². The number of carboxylic acids is 1. The van der Waals surface area contributed by atoms with E-state index in [4.69, 9.17) is 5.11 Å². The third kappa shape index (κ3) is 2.51. The molecular formula is C11H13N3O3S. The molecule has 2 aromatic rings. The molecule has 0 aliphatic heterocycles. The highest BCUT2D eigenvalue weighted by molar-refractivity contribution is 7.21. The van der Waals surface area contributed by atoms with Gasteiger partial charge in [0, 0.05) is 6.42 Å². The number of hydrogen-bond acceptors (Lipinski definition) is 4. The Balaban J connectivity index is 2.18. The molecule has 3 N–H and O–H groups in total. The maximum absolute atomic E-state index is 11.6. The fourth-order valence-corrected chi connectivity index (χ4v) is 2.43. The quantitative estimate of drug-likeness (QED) is 0.775. The van der Waals surface area contributed by atoms with Gasteiger partial charge in [0.15, 0.2) is 5.82 Å². The van der Waals surface area contributed by atoms with Crippen LogP contribution in [0.1, 0.15) is 35.9 Å². The smallest absolute Gasteiger partial charge is 0.345 e. The summed E-state index contributed by atoms with van der Waals surface area (Å²) in [5.74, 6) is -0.674. The third-order valence-electron chi connectivity index (χ3n) is 2.46. The first kappa shape index (κ1) is 12.6. The van der Waals surface area contributed by atoms with Gasteiger partial charge in [0.25, 0.3) is 0 Å². The normalized spacial score (nSPS) is 10.7. The van der Waals surface area contributed by atoms with E-state index < -0.39 is 5.97 Å². The van der Waals surface area contributed by atoms with Crippen molar-refractivity contribution in [3.8, 4) is 0 Å². The molecule has 0 fully saturated rings. The van der Waals surface area contributed by atoms with Crippen molar-refractivity contribution in [1.29, 1.82) is 0 Å². The summed E-state index contributed by atoms with van der Waals surface area (Å²) in [6.45, 7) is 2.01. The monoisotopic (exact) mass is 267 g/mol. The van der Waals surface area contributed by atoms with Crippen LogP contribution in [0.15, 0.2) is 6.07 Å². The summed E-state index contributed by atoms with van der Waals surface area (Å²) in [6.07, 6.45) is 2.22. The van der Waals surface area contributed by atoms with E-state index in [0.29, 0.717) is 22.5 Å². The zero-order chi connectivity index (χ0) is 13.1. The molecule has 0 aliphatic rings. The van der Waals surface area contributed by atoms with Crippen LogP contribution >= 0.6 is 11.3 Å². The molecule has 2 rings (SSSR count). The lowest BCUT2D eigenvalue weighted by Crippen LogP contribution is -2.11. The number of carbonyl (C=O) groups is 2. The number of thiophene rings is 1. The number of aromatic nitrogens is 2. The number of carbonyl (C=O) groups excluding carboxylic acids is 1. The molecule has 6 nitrogen and oxygen atoms in total. The van der Waals surface area contributed by atoms with Gasteiger partial charge >= 0.3 is 5.97 Å². The Kier molecular flexibility index (Phi) is 3.61. The molecule has 2 aromatic heterocycles. The number of fused-ring (bicyclic) bond motifs is 1. The summed E-state index contributed by atoms with van der Waals surface area (Å²) in [4.78, 5) is 22.6. The predicted octanol–water partition coefficient (Wildman–Crippen LogP) is 2.45. The Hall–Kier alpha value is -1.89. The summed E-state index contributed by atoms with van der Waals surface area (Å²) < 4.78 is 0.664. The van der Waals surface area contributed by atoms with Crippen molar-refractivity contribution in [2.24, 2.45) is 0 Å². The number of unbranched alkanes of at least 4 members (excludes halogenated alkanes) is 1. The maximum Gasteiger partial charge on any atom is 0.345 e. The molecular weight excluding hydrogens is 254 g/mol. The lowest BCUT2D eigenvalue weighted by Gasteiger charge is -2.00. The van der Waals surface area contributed by atoms with Crippen molar-refractivity contribution in [1.82, 2.24) is 10.2 Å². The third-order valence-corrected chi connectivity index (χ3v) is 3.59. The minimum atomic E-state index is -0.979. The molecule has 0 saturated heterocycles. The molecule has 0 saturated carbocycles. The average Bonchev–Trinajstić information content (AvgIpc) is 2.88. The van der Waals surface area contributed by atoms with Gasteiger partial charge in [-0.2, -0.15) is 5.10 Å². The average molecular weight is 267 g/mol. The summed E-state index contributed by atoms with van der Waals surface area (Å²) in [6, 6.07) is 1.51. The molecule has 0 aliphatic carbocycles. The topological polar surface area (TPSA) is 95.1 Å². The highest BCUT2D eigenvalue weighted by atomic mass is 32.1. The lowest BCUT2D eigenvalue weighted by molar-refractivity contribution is -0.116. The second kappa shape index (κ2) is 5.18. The first-order valence-electron chi connectivity index (χ1n) is 5.63. The number of amides is 1. The van der Waals surface area contributed by atoms with Crippen LogP contribution < -0.4 is 5.32 Å². The van der Waals surface area contributed by atoms with Crippen molar-refractivity contribution < 1.29 is 14.7 Å². The molecule has 96 valence electrons. The lowest BCUT2D eigenvalue weighted by atomic mass is 10.2. The number of nitrogens with zero attached hydrogens (tertiary/aromatic N) is 1. The standard InChI is InChI=1S/C11H13N3O3S/c1-2-3-4-8(15)12-10-9-6(13-14-10)5-7(18-9)11(16)17/h5H,2-4H2,1H3,(H,16,17)(H2,12,13,14,15). The molecule has 18 heavy (non-hydrogen) atoms. The molecule has 0 aromatic carbocycles. The molecule has 0 spiro atoms. The van der Waals surface area contributed by atoms with Gasteiger partial charge in [-0.15, -0.1) is 11.3 Å². The number of aromatic amines is 1. The van der Waals surface area contributed by atoms with Crippen molar-refractivity contribution in [2.75, 3.05) is 5.32 Å². The van der Waals surface area contributed by atoms with Gasteiger partial charge in [-0.25, -0.2) is 4.79 Å². The van der Waals surface area contributed by atoms with Gasteiger partial charge < -0.3 is 10.4 Å². The number of carboxylic acid groups (broad SMARTS) is 1. The van der Waals surface area contributed by atoms with Crippen LogP contribution in [0.2, 0.25) is 0 Å². The molecule has 2 heterocycles. The first-order valence-corrected chi connectivity index (χ1v) is 6.44. The van der Waals surface area contributed by atoms with E-state index in [9.17, 15) is 9.59 Å².